The molecular formula is C15H22O2. The van der Waals surface area contributed by atoms with Gasteiger partial charge in [-0.05, 0) is 56.4 Å². The van der Waals surface area contributed by atoms with Gasteiger partial charge in [-0.25, -0.2) is 0 Å². The van der Waals surface area contributed by atoms with Crippen LogP contribution in [0.4, 0.5) is 0 Å². The molecule has 0 aromatic rings. The number of rotatable bonds is 3. The minimum Gasteiger partial charge on any atom is -0.300 e. The summed E-state index contributed by atoms with van der Waals surface area (Å²) in [5.41, 5.74) is 2.43. The number of hydrogen-bond acceptors (Lipinski definition) is 2. The summed E-state index contributed by atoms with van der Waals surface area (Å²) in [6.45, 7) is 7.94. The molecule has 3 atom stereocenters. The van der Waals surface area contributed by atoms with Gasteiger partial charge < -0.3 is 4.79 Å². The first-order valence-electron chi connectivity index (χ1n) is 6.55. The summed E-state index contributed by atoms with van der Waals surface area (Å²) in [5, 5.41) is 0. The maximum Gasteiger partial charge on any atom is 0.159 e. The highest BCUT2D eigenvalue weighted by Crippen LogP contribution is 2.67. The summed E-state index contributed by atoms with van der Waals surface area (Å²) in [7, 11) is 0. The highest BCUT2D eigenvalue weighted by molar-refractivity contribution is 5.98. The van der Waals surface area contributed by atoms with E-state index in [1.165, 1.54) is 5.57 Å². The number of hydrogen-bond donors (Lipinski definition) is 0. The van der Waals surface area contributed by atoms with Crippen LogP contribution in [-0.2, 0) is 9.59 Å². The van der Waals surface area contributed by atoms with Crippen LogP contribution in [0.25, 0.3) is 0 Å². The molecule has 0 saturated heterocycles. The molecule has 0 spiro atoms. The fourth-order valence-corrected chi connectivity index (χ4v) is 3.56. The van der Waals surface area contributed by atoms with E-state index in [1.807, 2.05) is 13.8 Å². The van der Waals surface area contributed by atoms with Crippen molar-refractivity contribution in [3.8, 4) is 0 Å². The molecule has 2 nitrogen and oxygen atoms in total. The third-order valence-electron chi connectivity index (χ3n) is 4.78. The van der Waals surface area contributed by atoms with Crippen LogP contribution in [0.2, 0.25) is 0 Å². The second kappa shape index (κ2) is 4.08. The normalized spacial score (nSPS) is 35.5. The van der Waals surface area contributed by atoms with Crippen molar-refractivity contribution in [1.82, 2.24) is 0 Å². The van der Waals surface area contributed by atoms with E-state index in [4.69, 9.17) is 0 Å². The molecule has 0 bridgehead atoms. The van der Waals surface area contributed by atoms with Crippen LogP contribution in [0.5, 0.6) is 0 Å². The molecule has 2 fully saturated rings. The predicted molar refractivity (Wildman–Crippen MR) is 67.6 cm³/mol. The van der Waals surface area contributed by atoms with E-state index in [2.05, 4.69) is 6.92 Å². The molecule has 0 N–H and O–H groups in total. The molecule has 2 aliphatic carbocycles. The molecule has 2 aliphatic rings. The topological polar surface area (TPSA) is 34.1 Å². The Labute approximate surface area is 103 Å². The average Bonchev–Trinajstić information content (AvgIpc) is 2.76. The van der Waals surface area contributed by atoms with Crippen molar-refractivity contribution in [3.63, 3.8) is 0 Å². The Hall–Kier alpha value is -0.920. The number of fused-ring (bicyclic) bond motifs is 1. The van der Waals surface area contributed by atoms with Gasteiger partial charge in [-0.3, -0.25) is 4.79 Å². The Kier molecular flexibility index (Phi) is 3.01. The standard InChI is InChI=1S/C15H22O2/c1-9(2)11-7-13-12(6-5-10(3)16)15(13,4)8-14(11)17/h12-13H,5-8H2,1-4H3/t12?,13?,15-/m0/s1. The Morgan fingerprint density at radius 1 is 1.35 bits per heavy atom. The van der Waals surface area contributed by atoms with E-state index in [1.54, 1.807) is 6.92 Å². The van der Waals surface area contributed by atoms with E-state index >= 15 is 0 Å². The zero-order chi connectivity index (χ0) is 12.8. The smallest absolute Gasteiger partial charge is 0.159 e. The van der Waals surface area contributed by atoms with Crippen LogP contribution in [0, 0.1) is 17.3 Å². The van der Waals surface area contributed by atoms with Crippen LogP contribution < -0.4 is 0 Å². The summed E-state index contributed by atoms with van der Waals surface area (Å²) in [6.07, 6.45) is 3.29. The van der Waals surface area contributed by atoms with Gasteiger partial charge in [0.05, 0.1) is 0 Å². The van der Waals surface area contributed by atoms with Crippen molar-refractivity contribution in [2.75, 3.05) is 0 Å². The van der Waals surface area contributed by atoms with Gasteiger partial charge in [0.25, 0.3) is 0 Å². The lowest BCUT2D eigenvalue weighted by Gasteiger charge is -2.19. The summed E-state index contributed by atoms with van der Waals surface area (Å²) in [5.74, 6) is 1.84. The van der Waals surface area contributed by atoms with Crippen LogP contribution in [-0.4, -0.2) is 11.6 Å². The molecular weight excluding hydrogens is 212 g/mol. The molecule has 2 heteroatoms. The largest absolute Gasteiger partial charge is 0.300 e. The van der Waals surface area contributed by atoms with E-state index in [-0.39, 0.29) is 11.2 Å². The van der Waals surface area contributed by atoms with Crippen LogP contribution in [0.1, 0.15) is 53.4 Å². The van der Waals surface area contributed by atoms with E-state index in [9.17, 15) is 9.59 Å². The van der Waals surface area contributed by atoms with E-state index in [0.717, 1.165) is 18.4 Å². The third kappa shape index (κ3) is 2.10. The molecule has 0 heterocycles. The van der Waals surface area contributed by atoms with Crippen molar-refractivity contribution >= 4 is 11.6 Å². The van der Waals surface area contributed by atoms with Gasteiger partial charge in [-0.2, -0.15) is 0 Å². The first-order valence-corrected chi connectivity index (χ1v) is 6.55. The maximum absolute atomic E-state index is 12.0. The molecule has 0 aromatic heterocycles. The van der Waals surface area contributed by atoms with Gasteiger partial charge in [0.1, 0.15) is 5.78 Å². The minimum atomic E-state index is 0.200. The first-order chi connectivity index (χ1) is 7.86. The van der Waals surface area contributed by atoms with Crippen molar-refractivity contribution in [3.05, 3.63) is 11.1 Å². The number of carbonyl (C=O) groups is 2. The van der Waals surface area contributed by atoms with Gasteiger partial charge in [0.2, 0.25) is 0 Å². The number of allylic oxidation sites excluding steroid dienone is 2. The molecule has 17 heavy (non-hydrogen) atoms. The van der Waals surface area contributed by atoms with E-state index in [0.29, 0.717) is 30.5 Å². The molecule has 94 valence electrons. The summed E-state index contributed by atoms with van der Waals surface area (Å²) in [4.78, 5) is 23.1. The molecule has 0 aromatic carbocycles. The van der Waals surface area contributed by atoms with Gasteiger partial charge in [0, 0.05) is 12.8 Å². The average molecular weight is 234 g/mol. The molecule has 0 aliphatic heterocycles. The SMILES string of the molecule is CC(=O)CCC1C2CC(=C(C)C)C(=O)C[C@@]12C. The molecule has 0 radical (unpaired) electrons. The van der Waals surface area contributed by atoms with Gasteiger partial charge in [0.15, 0.2) is 5.78 Å². The van der Waals surface area contributed by atoms with Gasteiger partial charge in [-0.1, -0.05) is 12.5 Å². The molecule has 2 saturated carbocycles. The lowest BCUT2D eigenvalue weighted by Crippen LogP contribution is -2.18. The van der Waals surface area contributed by atoms with Crippen molar-refractivity contribution in [2.45, 2.75) is 53.4 Å². The first kappa shape index (κ1) is 12.5. The van der Waals surface area contributed by atoms with Crippen molar-refractivity contribution in [2.24, 2.45) is 17.3 Å². The monoisotopic (exact) mass is 234 g/mol. The van der Waals surface area contributed by atoms with Gasteiger partial charge in [-0.15, -0.1) is 0 Å². The lowest BCUT2D eigenvalue weighted by atomic mass is 9.84. The highest BCUT2D eigenvalue weighted by atomic mass is 16.1. The highest BCUT2D eigenvalue weighted by Gasteiger charge is 2.63. The Morgan fingerprint density at radius 3 is 2.53 bits per heavy atom. The fourth-order valence-electron chi connectivity index (χ4n) is 3.56. The number of carbonyl (C=O) groups excluding carboxylic acids is 2. The zero-order valence-electron chi connectivity index (χ0n) is 11.3. The quantitative estimate of drug-likeness (QED) is 0.702. The molecule has 2 rings (SSSR count). The Balaban J connectivity index is 2.07. The maximum atomic E-state index is 12.0. The Morgan fingerprint density at radius 2 is 2.00 bits per heavy atom. The number of ketones is 2. The third-order valence-corrected chi connectivity index (χ3v) is 4.78. The van der Waals surface area contributed by atoms with Crippen LogP contribution in [0.3, 0.4) is 0 Å². The summed E-state index contributed by atoms with van der Waals surface area (Å²) in [6, 6.07) is 0. The van der Waals surface area contributed by atoms with Crippen molar-refractivity contribution in [1.29, 1.82) is 0 Å². The zero-order valence-corrected chi connectivity index (χ0v) is 11.3. The van der Waals surface area contributed by atoms with Crippen molar-refractivity contribution < 1.29 is 9.59 Å². The second-order valence-corrected chi connectivity index (χ2v) is 6.24. The van der Waals surface area contributed by atoms with Gasteiger partial charge >= 0.3 is 0 Å². The second-order valence-electron chi connectivity index (χ2n) is 6.24. The van der Waals surface area contributed by atoms with E-state index < -0.39 is 0 Å². The number of Topliss-reactive ketones (excluding diaryl/α,β-unsaturated/α-hetero) is 2. The minimum absolute atomic E-state index is 0.200. The lowest BCUT2D eigenvalue weighted by molar-refractivity contribution is -0.118. The fraction of sp³-hybridized carbons (Fsp3) is 0.733. The summed E-state index contributed by atoms with van der Waals surface area (Å²) >= 11 is 0. The molecule has 0 amide bonds. The Bertz CT molecular complexity index is 401. The van der Waals surface area contributed by atoms with Crippen LogP contribution in [0.15, 0.2) is 11.1 Å². The summed E-state index contributed by atoms with van der Waals surface area (Å²) < 4.78 is 0. The predicted octanol–water partition coefficient (Wildman–Crippen LogP) is 3.31. The van der Waals surface area contributed by atoms with Crippen LogP contribution >= 0.6 is 0 Å². The molecule has 2 unspecified atom stereocenters.